The molecule has 1 saturated heterocycles. The fraction of sp³-hybridized carbons (Fsp3) is 1.00. The highest BCUT2D eigenvalue weighted by Crippen LogP contribution is 2.39. The van der Waals surface area contributed by atoms with E-state index in [-0.39, 0.29) is 0 Å². The predicted octanol–water partition coefficient (Wildman–Crippen LogP) is -0.0537. The largest absolute Gasteiger partial charge is 0.379 e. The Hall–Kier alpha value is 0.150. The third-order valence-corrected chi connectivity index (χ3v) is 3.18. The smallest absolute Gasteiger partial charge is 0.0634 e. The van der Waals surface area contributed by atoms with Crippen molar-refractivity contribution in [2.75, 3.05) is 33.4 Å². The highest BCUT2D eigenvalue weighted by Gasteiger charge is 2.22. The Morgan fingerprint density at radius 2 is 2.09 bits per heavy atom. The monoisotopic (exact) mass is 182 g/mol. The Bertz CT molecular complexity index is 127. The third kappa shape index (κ3) is 2.29. The minimum Gasteiger partial charge on any atom is -0.379 e. The second-order valence-electron chi connectivity index (χ2n) is 2.25. The second kappa shape index (κ2) is 3.70. The lowest BCUT2D eigenvalue weighted by Crippen LogP contribution is -2.41. The molecule has 0 aliphatic carbocycles. The SMILES string of the molecule is COS(N)(O)N1CCOCC1. The number of hydrogen-bond donors (Lipinski definition) is 2. The average molecular weight is 182 g/mol. The van der Waals surface area contributed by atoms with Crippen LogP contribution in [0.15, 0.2) is 0 Å². The number of rotatable bonds is 2. The fourth-order valence-corrected chi connectivity index (χ4v) is 1.80. The van der Waals surface area contributed by atoms with E-state index < -0.39 is 11.0 Å². The van der Waals surface area contributed by atoms with Crippen molar-refractivity contribution in [1.82, 2.24) is 4.31 Å². The number of nitrogens with two attached hydrogens (primary N) is 1. The molecular formula is C5H14N2O3S. The minimum atomic E-state index is -2.47. The normalized spacial score (nSPS) is 29.4. The van der Waals surface area contributed by atoms with Gasteiger partial charge in [0.25, 0.3) is 0 Å². The van der Waals surface area contributed by atoms with Crippen molar-refractivity contribution in [1.29, 1.82) is 0 Å². The number of nitrogens with zero attached hydrogens (tertiary/aromatic N) is 1. The lowest BCUT2D eigenvalue weighted by molar-refractivity contribution is 0.0672. The van der Waals surface area contributed by atoms with Crippen LogP contribution in [0.1, 0.15) is 0 Å². The first kappa shape index (κ1) is 9.24. The van der Waals surface area contributed by atoms with Crippen molar-refractivity contribution >= 4 is 11.0 Å². The number of hydrogen-bond acceptors (Lipinski definition) is 5. The second-order valence-corrected chi connectivity index (χ2v) is 4.17. The van der Waals surface area contributed by atoms with E-state index in [0.717, 1.165) is 0 Å². The number of morpholine rings is 1. The Morgan fingerprint density at radius 1 is 1.55 bits per heavy atom. The van der Waals surface area contributed by atoms with E-state index in [1.54, 1.807) is 4.31 Å². The van der Waals surface area contributed by atoms with Gasteiger partial charge in [0.2, 0.25) is 0 Å². The van der Waals surface area contributed by atoms with Gasteiger partial charge in [0, 0.05) is 13.1 Å². The van der Waals surface area contributed by atoms with Crippen molar-refractivity contribution < 1.29 is 13.5 Å². The van der Waals surface area contributed by atoms with Gasteiger partial charge in [0.15, 0.2) is 0 Å². The summed E-state index contributed by atoms with van der Waals surface area (Å²) in [6.45, 7) is 2.48. The van der Waals surface area contributed by atoms with Crippen molar-refractivity contribution in [3.63, 3.8) is 0 Å². The topological polar surface area (TPSA) is 68.0 Å². The molecule has 0 aromatic heterocycles. The van der Waals surface area contributed by atoms with Crippen LogP contribution in [0.2, 0.25) is 0 Å². The van der Waals surface area contributed by atoms with E-state index in [9.17, 15) is 4.55 Å². The molecule has 0 aromatic rings. The maximum absolute atomic E-state index is 9.46. The quantitative estimate of drug-likeness (QED) is 0.626. The third-order valence-electron chi connectivity index (χ3n) is 1.59. The lowest BCUT2D eigenvalue weighted by Gasteiger charge is -2.43. The molecule has 1 rings (SSSR count). The molecule has 0 amide bonds. The molecule has 0 radical (unpaired) electrons. The van der Waals surface area contributed by atoms with Crippen LogP contribution in [-0.4, -0.2) is 42.3 Å². The lowest BCUT2D eigenvalue weighted by atomic mass is 10.5. The maximum Gasteiger partial charge on any atom is 0.0634 e. The first-order chi connectivity index (χ1) is 5.17. The highest BCUT2D eigenvalue weighted by atomic mass is 32.3. The van der Waals surface area contributed by atoms with Crippen molar-refractivity contribution in [2.45, 2.75) is 0 Å². The average Bonchev–Trinajstić information content (AvgIpc) is 2.06. The molecule has 1 fully saturated rings. The van der Waals surface area contributed by atoms with Gasteiger partial charge in [-0.1, -0.05) is 11.0 Å². The van der Waals surface area contributed by atoms with Crippen molar-refractivity contribution in [3.8, 4) is 0 Å². The van der Waals surface area contributed by atoms with Crippen LogP contribution < -0.4 is 5.14 Å². The molecule has 1 aliphatic rings. The van der Waals surface area contributed by atoms with Crippen molar-refractivity contribution in [3.05, 3.63) is 0 Å². The fourth-order valence-electron chi connectivity index (χ4n) is 0.914. The zero-order chi connectivity index (χ0) is 8.32. The summed E-state index contributed by atoms with van der Waals surface area (Å²) in [5.41, 5.74) is 0. The van der Waals surface area contributed by atoms with Crippen LogP contribution in [0, 0.1) is 0 Å². The molecule has 1 heterocycles. The summed E-state index contributed by atoms with van der Waals surface area (Å²) in [6, 6.07) is 0. The Labute approximate surface area is 68.1 Å². The van der Waals surface area contributed by atoms with Gasteiger partial charge in [-0.15, -0.1) is 0 Å². The molecular weight excluding hydrogens is 168 g/mol. The van der Waals surface area contributed by atoms with Crippen LogP contribution >= 0.6 is 11.0 Å². The Balaban J connectivity index is 2.43. The molecule has 0 aromatic carbocycles. The Kier molecular flexibility index (Phi) is 3.11. The summed E-state index contributed by atoms with van der Waals surface area (Å²) in [6.07, 6.45) is 0. The zero-order valence-electron chi connectivity index (χ0n) is 6.52. The molecule has 0 saturated carbocycles. The van der Waals surface area contributed by atoms with Gasteiger partial charge >= 0.3 is 0 Å². The maximum atomic E-state index is 9.46. The standard InChI is InChI=1S/C5H14N2O3S/c1-9-11(6,8)7-2-4-10-5-3-7/h8H,2-6H2,1H3. The van der Waals surface area contributed by atoms with E-state index >= 15 is 0 Å². The first-order valence-corrected chi connectivity index (χ1v) is 4.92. The molecule has 1 atom stereocenters. The van der Waals surface area contributed by atoms with Gasteiger partial charge in [0.05, 0.1) is 20.3 Å². The van der Waals surface area contributed by atoms with Crippen LogP contribution in [0.5, 0.6) is 0 Å². The summed E-state index contributed by atoms with van der Waals surface area (Å²) in [5, 5.41) is 5.48. The summed E-state index contributed by atoms with van der Waals surface area (Å²) < 4.78 is 21.0. The van der Waals surface area contributed by atoms with E-state index in [4.69, 9.17) is 14.1 Å². The Morgan fingerprint density at radius 3 is 2.55 bits per heavy atom. The molecule has 1 unspecified atom stereocenters. The van der Waals surface area contributed by atoms with Crippen LogP contribution in [0.4, 0.5) is 0 Å². The van der Waals surface area contributed by atoms with E-state index in [2.05, 4.69) is 0 Å². The summed E-state index contributed by atoms with van der Waals surface area (Å²) in [5.74, 6) is 0. The predicted molar refractivity (Wildman–Crippen MR) is 43.8 cm³/mol. The van der Waals surface area contributed by atoms with E-state index in [0.29, 0.717) is 26.3 Å². The molecule has 6 heteroatoms. The molecule has 5 nitrogen and oxygen atoms in total. The van der Waals surface area contributed by atoms with Gasteiger partial charge in [-0.3, -0.25) is 8.74 Å². The molecule has 11 heavy (non-hydrogen) atoms. The minimum absolute atomic E-state index is 0.607. The summed E-state index contributed by atoms with van der Waals surface area (Å²) in [7, 11) is -1.06. The van der Waals surface area contributed by atoms with E-state index in [1.165, 1.54) is 7.11 Å². The molecule has 3 N–H and O–H groups in total. The van der Waals surface area contributed by atoms with Crippen LogP contribution in [0.3, 0.4) is 0 Å². The van der Waals surface area contributed by atoms with Gasteiger partial charge < -0.3 is 4.74 Å². The first-order valence-electron chi connectivity index (χ1n) is 3.39. The molecule has 1 aliphatic heterocycles. The molecule has 68 valence electrons. The highest BCUT2D eigenvalue weighted by molar-refractivity contribution is 8.21. The van der Waals surface area contributed by atoms with Crippen LogP contribution in [-0.2, 0) is 8.92 Å². The van der Waals surface area contributed by atoms with Gasteiger partial charge in [-0.2, -0.15) is 4.31 Å². The van der Waals surface area contributed by atoms with Crippen molar-refractivity contribution in [2.24, 2.45) is 5.14 Å². The van der Waals surface area contributed by atoms with Gasteiger partial charge in [-0.25, -0.2) is 5.14 Å². The molecule has 0 spiro atoms. The summed E-state index contributed by atoms with van der Waals surface area (Å²) in [4.78, 5) is 0. The van der Waals surface area contributed by atoms with Gasteiger partial charge in [0.1, 0.15) is 0 Å². The molecule has 0 bridgehead atoms. The van der Waals surface area contributed by atoms with E-state index in [1.807, 2.05) is 0 Å². The van der Waals surface area contributed by atoms with Gasteiger partial charge in [-0.05, 0) is 0 Å². The van der Waals surface area contributed by atoms with Crippen LogP contribution in [0.25, 0.3) is 0 Å². The number of ether oxygens (including phenoxy) is 1. The zero-order valence-corrected chi connectivity index (χ0v) is 7.34. The summed E-state index contributed by atoms with van der Waals surface area (Å²) >= 11 is 0.